The lowest BCUT2D eigenvalue weighted by Crippen LogP contribution is -2.22. The Morgan fingerprint density at radius 1 is 0.950 bits per heavy atom. The van der Waals surface area contributed by atoms with E-state index >= 15 is 0 Å². The monoisotopic (exact) mass is 271 g/mol. The van der Waals surface area contributed by atoms with E-state index in [1.165, 1.54) is 17.7 Å². The minimum Gasteiger partial charge on any atom is -0.306 e. The van der Waals surface area contributed by atoms with Crippen LogP contribution in [0.25, 0.3) is 0 Å². The molecule has 106 valence electrons. The molecule has 1 unspecified atom stereocenters. The molecule has 0 aliphatic heterocycles. The second kappa shape index (κ2) is 7.20. The molecule has 2 heteroatoms. The molecule has 0 fully saturated rings. The van der Waals surface area contributed by atoms with E-state index in [4.69, 9.17) is 0 Å². The SMILES string of the molecule is CC(C)CC(NCc1ccc(F)cc1)c1ccccc1. The van der Waals surface area contributed by atoms with Crippen molar-refractivity contribution in [1.29, 1.82) is 0 Å². The molecule has 0 radical (unpaired) electrons. The van der Waals surface area contributed by atoms with Crippen molar-refractivity contribution in [2.24, 2.45) is 5.92 Å². The van der Waals surface area contributed by atoms with Gasteiger partial charge in [0.25, 0.3) is 0 Å². The van der Waals surface area contributed by atoms with Crippen LogP contribution in [-0.2, 0) is 6.54 Å². The molecule has 0 heterocycles. The molecule has 0 aromatic heterocycles. The first kappa shape index (κ1) is 14.7. The second-order valence-corrected chi connectivity index (χ2v) is 5.60. The molecule has 2 aromatic carbocycles. The topological polar surface area (TPSA) is 12.0 Å². The van der Waals surface area contributed by atoms with Crippen LogP contribution in [0, 0.1) is 11.7 Å². The molecule has 2 aromatic rings. The molecule has 0 saturated carbocycles. The lowest BCUT2D eigenvalue weighted by atomic mass is 9.97. The number of hydrogen-bond acceptors (Lipinski definition) is 1. The van der Waals surface area contributed by atoms with Crippen molar-refractivity contribution in [3.05, 3.63) is 71.5 Å². The number of rotatable bonds is 6. The molecule has 0 aliphatic rings. The smallest absolute Gasteiger partial charge is 0.123 e. The Labute approximate surface area is 120 Å². The first-order valence-corrected chi connectivity index (χ1v) is 7.18. The molecular weight excluding hydrogens is 249 g/mol. The summed E-state index contributed by atoms with van der Waals surface area (Å²) < 4.78 is 12.9. The third-order valence-electron chi connectivity index (χ3n) is 3.37. The van der Waals surface area contributed by atoms with E-state index in [0.717, 1.165) is 18.5 Å². The van der Waals surface area contributed by atoms with Crippen LogP contribution in [0.1, 0.15) is 37.4 Å². The van der Waals surface area contributed by atoms with Crippen LogP contribution in [0.4, 0.5) is 4.39 Å². The highest BCUT2D eigenvalue weighted by atomic mass is 19.1. The lowest BCUT2D eigenvalue weighted by Gasteiger charge is -2.21. The summed E-state index contributed by atoms with van der Waals surface area (Å²) in [6, 6.07) is 17.5. The zero-order chi connectivity index (χ0) is 14.4. The standard InChI is InChI=1S/C18H22FN/c1-14(2)12-18(16-6-4-3-5-7-16)20-13-15-8-10-17(19)11-9-15/h3-11,14,18,20H,12-13H2,1-2H3. The van der Waals surface area contributed by atoms with Crippen molar-refractivity contribution in [1.82, 2.24) is 5.32 Å². The second-order valence-electron chi connectivity index (χ2n) is 5.60. The van der Waals surface area contributed by atoms with Gasteiger partial charge in [-0.15, -0.1) is 0 Å². The van der Waals surface area contributed by atoms with Gasteiger partial charge in [-0.1, -0.05) is 56.3 Å². The van der Waals surface area contributed by atoms with Crippen molar-refractivity contribution in [3.8, 4) is 0 Å². The quantitative estimate of drug-likeness (QED) is 0.802. The summed E-state index contributed by atoms with van der Waals surface area (Å²) in [6.45, 7) is 5.22. The van der Waals surface area contributed by atoms with Crippen molar-refractivity contribution < 1.29 is 4.39 Å². The van der Waals surface area contributed by atoms with Gasteiger partial charge < -0.3 is 5.32 Å². The van der Waals surface area contributed by atoms with Crippen LogP contribution in [-0.4, -0.2) is 0 Å². The third kappa shape index (κ3) is 4.46. The van der Waals surface area contributed by atoms with E-state index in [9.17, 15) is 4.39 Å². The fourth-order valence-electron chi connectivity index (χ4n) is 2.34. The normalized spacial score (nSPS) is 12.6. The van der Waals surface area contributed by atoms with Gasteiger partial charge in [0, 0.05) is 12.6 Å². The Bertz CT molecular complexity index is 505. The molecular formula is C18H22FN. The van der Waals surface area contributed by atoms with E-state index < -0.39 is 0 Å². The molecule has 1 nitrogen and oxygen atoms in total. The van der Waals surface area contributed by atoms with Crippen molar-refractivity contribution in [2.75, 3.05) is 0 Å². The Kier molecular flexibility index (Phi) is 5.31. The van der Waals surface area contributed by atoms with Crippen LogP contribution in [0.3, 0.4) is 0 Å². The fraction of sp³-hybridized carbons (Fsp3) is 0.333. The van der Waals surface area contributed by atoms with E-state index in [1.54, 1.807) is 0 Å². The van der Waals surface area contributed by atoms with Crippen LogP contribution in [0.5, 0.6) is 0 Å². The van der Waals surface area contributed by atoms with Gasteiger partial charge >= 0.3 is 0 Å². The van der Waals surface area contributed by atoms with Gasteiger partial charge in [0.15, 0.2) is 0 Å². The largest absolute Gasteiger partial charge is 0.306 e. The van der Waals surface area contributed by atoms with Gasteiger partial charge in [0.05, 0.1) is 0 Å². The first-order valence-electron chi connectivity index (χ1n) is 7.18. The van der Waals surface area contributed by atoms with Gasteiger partial charge in [0.2, 0.25) is 0 Å². The summed E-state index contributed by atoms with van der Waals surface area (Å²) in [4.78, 5) is 0. The molecule has 1 N–H and O–H groups in total. The Morgan fingerprint density at radius 3 is 2.20 bits per heavy atom. The summed E-state index contributed by atoms with van der Waals surface area (Å²) in [5.41, 5.74) is 2.42. The molecule has 0 aliphatic carbocycles. The Morgan fingerprint density at radius 2 is 1.60 bits per heavy atom. The Hall–Kier alpha value is -1.67. The van der Waals surface area contributed by atoms with Gasteiger partial charge in [-0.05, 0) is 35.6 Å². The summed E-state index contributed by atoms with van der Waals surface area (Å²) in [5.74, 6) is 0.441. The molecule has 1 atom stereocenters. The number of hydrogen-bond donors (Lipinski definition) is 1. The number of halogens is 1. The van der Waals surface area contributed by atoms with E-state index in [-0.39, 0.29) is 5.82 Å². The molecule has 0 spiro atoms. The number of nitrogens with one attached hydrogen (secondary N) is 1. The predicted octanol–water partition coefficient (Wildman–Crippen LogP) is 4.70. The van der Waals surface area contributed by atoms with Crippen LogP contribution in [0.2, 0.25) is 0 Å². The lowest BCUT2D eigenvalue weighted by molar-refractivity contribution is 0.428. The first-order chi connectivity index (χ1) is 9.65. The minimum absolute atomic E-state index is 0.185. The van der Waals surface area contributed by atoms with Gasteiger partial charge in [0.1, 0.15) is 5.82 Å². The maximum atomic E-state index is 12.9. The maximum Gasteiger partial charge on any atom is 0.123 e. The average molecular weight is 271 g/mol. The van der Waals surface area contributed by atoms with Crippen molar-refractivity contribution >= 4 is 0 Å². The summed E-state index contributed by atoms with van der Waals surface area (Å²) in [7, 11) is 0. The average Bonchev–Trinajstić information content (AvgIpc) is 2.46. The van der Waals surface area contributed by atoms with Crippen LogP contribution in [0.15, 0.2) is 54.6 Å². The zero-order valence-corrected chi connectivity index (χ0v) is 12.1. The fourth-order valence-corrected chi connectivity index (χ4v) is 2.34. The van der Waals surface area contributed by atoms with E-state index in [0.29, 0.717) is 12.0 Å². The van der Waals surface area contributed by atoms with Gasteiger partial charge in [-0.25, -0.2) is 4.39 Å². The Balaban J connectivity index is 2.03. The molecule has 0 amide bonds. The molecule has 0 bridgehead atoms. The minimum atomic E-state index is -0.185. The summed E-state index contributed by atoms with van der Waals surface area (Å²) in [6.07, 6.45) is 1.09. The van der Waals surface area contributed by atoms with E-state index in [2.05, 4.69) is 43.4 Å². The zero-order valence-electron chi connectivity index (χ0n) is 12.1. The third-order valence-corrected chi connectivity index (χ3v) is 3.37. The highest BCUT2D eigenvalue weighted by molar-refractivity contribution is 5.20. The van der Waals surface area contributed by atoms with Crippen LogP contribution < -0.4 is 5.32 Å². The highest BCUT2D eigenvalue weighted by Crippen LogP contribution is 2.21. The molecule has 2 rings (SSSR count). The van der Waals surface area contributed by atoms with Gasteiger partial charge in [-0.3, -0.25) is 0 Å². The van der Waals surface area contributed by atoms with Crippen LogP contribution >= 0.6 is 0 Å². The number of benzene rings is 2. The summed E-state index contributed by atoms with van der Waals surface area (Å²) in [5, 5.41) is 3.58. The predicted molar refractivity (Wildman–Crippen MR) is 81.9 cm³/mol. The van der Waals surface area contributed by atoms with Crippen molar-refractivity contribution in [2.45, 2.75) is 32.9 Å². The van der Waals surface area contributed by atoms with E-state index in [1.807, 2.05) is 18.2 Å². The molecule has 0 saturated heterocycles. The van der Waals surface area contributed by atoms with Crippen molar-refractivity contribution in [3.63, 3.8) is 0 Å². The highest BCUT2D eigenvalue weighted by Gasteiger charge is 2.12. The molecule has 20 heavy (non-hydrogen) atoms. The van der Waals surface area contributed by atoms with Gasteiger partial charge in [-0.2, -0.15) is 0 Å². The summed E-state index contributed by atoms with van der Waals surface area (Å²) >= 11 is 0. The maximum absolute atomic E-state index is 12.9.